The van der Waals surface area contributed by atoms with Crippen LogP contribution in [0.15, 0.2) is 59.1 Å². The summed E-state index contributed by atoms with van der Waals surface area (Å²) in [5.74, 6) is 0. The highest BCUT2D eigenvalue weighted by Gasteiger charge is 2.07. The molecule has 1 N–H and O–H groups in total. The summed E-state index contributed by atoms with van der Waals surface area (Å²) in [6.45, 7) is 3.08. The van der Waals surface area contributed by atoms with Gasteiger partial charge in [0.2, 0.25) is 0 Å². The molecule has 88 valence electrons. The van der Waals surface area contributed by atoms with Crippen LogP contribution in [0.1, 0.15) is 24.1 Å². The molecular weight excluding hydrogens is 274 g/mol. The van der Waals surface area contributed by atoms with Gasteiger partial charge in [-0.2, -0.15) is 0 Å². The molecule has 0 fully saturated rings. The van der Waals surface area contributed by atoms with Gasteiger partial charge in [0.1, 0.15) is 0 Å². The van der Waals surface area contributed by atoms with Crippen LogP contribution in [0.3, 0.4) is 0 Å². The van der Waals surface area contributed by atoms with Gasteiger partial charge in [0.25, 0.3) is 0 Å². The Kier molecular flexibility index (Phi) is 4.35. The standard InChI is InChI=1S/C15H16BrN/c1-12(14-9-5-6-10-15(14)16)17-11-13-7-3-2-4-8-13/h2-10,12,17H,11H2,1H3/t12-/m1/s1. The fourth-order valence-corrected chi connectivity index (χ4v) is 2.43. The summed E-state index contributed by atoms with van der Waals surface area (Å²) in [6, 6.07) is 19.1. The lowest BCUT2D eigenvalue weighted by Crippen LogP contribution is -2.18. The predicted molar refractivity (Wildman–Crippen MR) is 75.8 cm³/mol. The Morgan fingerprint density at radius 1 is 1.00 bits per heavy atom. The molecule has 0 bridgehead atoms. The summed E-state index contributed by atoms with van der Waals surface area (Å²) >= 11 is 3.58. The Labute approximate surface area is 111 Å². The average molecular weight is 290 g/mol. The molecule has 2 aromatic carbocycles. The second-order valence-electron chi connectivity index (χ2n) is 4.11. The zero-order valence-electron chi connectivity index (χ0n) is 9.86. The third-order valence-corrected chi connectivity index (χ3v) is 3.55. The summed E-state index contributed by atoms with van der Waals surface area (Å²) in [5.41, 5.74) is 2.61. The normalized spacial score (nSPS) is 12.4. The molecule has 0 aliphatic heterocycles. The van der Waals surface area contributed by atoms with Crippen LogP contribution in [0.2, 0.25) is 0 Å². The van der Waals surface area contributed by atoms with Crippen molar-refractivity contribution in [1.82, 2.24) is 5.32 Å². The second kappa shape index (κ2) is 5.99. The van der Waals surface area contributed by atoms with Gasteiger partial charge in [0.05, 0.1) is 0 Å². The van der Waals surface area contributed by atoms with Gasteiger partial charge in [-0.25, -0.2) is 0 Å². The molecule has 2 rings (SSSR count). The first-order valence-corrected chi connectivity index (χ1v) is 6.58. The first kappa shape index (κ1) is 12.3. The smallest absolute Gasteiger partial charge is 0.0306 e. The molecular formula is C15H16BrN. The van der Waals surface area contributed by atoms with Crippen LogP contribution in [0.25, 0.3) is 0 Å². The summed E-state index contributed by atoms with van der Waals surface area (Å²) < 4.78 is 1.16. The van der Waals surface area contributed by atoms with E-state index >= 15 is 0 Å². The SMILES string of the molecule is C[C@@H](NCc1ccccc1)c1ccccc1Br. The number of benzene rings is 2. The van der Waals surface area contributed by atoms with E-state index < -0.39 is 0 Å². The molecule has 1 atom stereocenters. The Morgan fingerprint density at radius 3 is 2.35 bits per heavy atom. The second-order valence-corrected chi connectivity index (χ2v) is 4.96. The van der Waals surface area contributed by atoms with Crippen LogP contribution in [0, 0.1) is 0 Å². The van der Waals surface area contributed by atoms with Gasteiger partial charge >= 0.3 is 0 Å². The summed E-state index contributed by atoms with van der Waals surface area (Å²) in [5, 5.41) is 3.53. The highest BCUT2D eigenvalue weighted by Crippen LogP contribution is 2.22. The van der Waals surface area contributed by atoms with Gasteiger partial charge in [0, 0.05) is 17.1 Å². The molecule has 0 amide bonds. The van der Waals surface area contributed by atoms with Crippen molar-refractivity contribution in [3.05, 3.63) is 70.2 Å². The van der Waals surface area contributed by atoms with Gasteiger partial charge in [-0.05, 0) is 24.1 Å². The summed E-state index contributed by atoms with van der Waals surface area (Å²) in [7, 11) is 0. The van der Waals surface area contributed by atoms with Gasteiger partial charge in [-0.15, -0.1) is 0 Å². The molecule has 0 heterocycles. The molecule has 0 saturated heterocycles. The third-order valence-electron chi connectivity index (χ3n) is 2.83. The molecule has 2 aromatic rings. The lowest BCUT2D eigenvalue weighted by molar-refractivity contribution is 0.573. The van der Waals surface area contributed by atoms with E-state index in [1.807, 2.05) is 12.1 Å². The van der Waals surface area contributed by atoms with E-state index in [1.165, 1.54) is 11.1 Å². The van der Waals surface area contributed by atoms with Crippen molar-refractivity contribution in [3.63, 3.8) is 0 Å². The van der Waals surface area contributed by atoms with E-state index in [0.717, 1.165) is 11.0 Å². The quantitative estimate of drug-likeness (QED) is 0.885. The first-order valence-electron chi connectivity index (χ1n) is 5.79. The fourth-order valence-electron chi connectivity index (χ4n) is 1.80. The summed E-state index contributed by atoms with van der Waals surface area (Å²) in [4.78, 5) is 0. The van der Waals surface area contributed by atoms with Crippen molar-refractivity contribution in [2.45, 2.75) is 19.5 Å². The predicted octanol–water partition coefficient (Wildman–Crippen LogP) is 4.30. The Morgan fingerprint density at radius 2 is 1.65 bits per heavy atom. The maximum Gasteiger partial charge on any atom is 0.0306 e. The topological polar surface area (TPSA) is 12.0 Å². The molecule has 1 nitrogen and oxygen atoms in total. The maximum atomic E-state index is 3.58. The van der Waals surface area contributed by atoms with Gasteiger partial charge in [0.15, 0.2) is 0 Å². The van der Waals surface area contributed by atoms with Gasteiger partial charge < -0.3 is 5.32 Å². The van der Waals surface area contributed by atoms with Crippen LogP contribution in [-0.4, -0.2) is 0 Å². The van der Waals surface area contributed by atoms with Crippen LogP contribution in [-0.2, 0) is 6.54 Å². The highest BCUT2D eigenvalue weighted by molar-refractivity contribution is 9.10. The number of hydrogen-bond donors (Lipinski definition) is 1. The minimum Gasteiger partial charge on any atom is -0.306 e. The third kappa shape index (κ3) is 3.42. The van der Waals surface area contributed by atoms with Crippen molar-refractivity contribution < 1.29 is 0 Å². The molecule has 0 aromatic heterocycles. The van der Waals surface area contributed by atoms with E-state index in [2.05, 4.69) is 70.6 Å². The van der Waals surface area contributed by atoms with Crippen molar-refractivity contribution >= 4 is 15.9 Å². The molecule has 0 unspecified atom stereocenters. The van der Waals surface area contributed by atoms with Crippen molar-refractivity contribution in [2.24, 2.45) is 0 Å². The van der Waals surface area contributed by atoms with Crippen LogP contribution in [0.4, 0.5) is 0 Å². The number of halogens is 1. The first-order chi connectivity index (χ1) is 8.27. The van der Waals surface area contributed by atoms with Crippen molar-refractivity contribution in [1.29, 1.82) is 0 Å². The minimum atomic E-state index is 0.339. The Bertz CT molecular complexity index is 467. The Balaban J connectivity index is 1.99. The van der Waals surface area contributed by atoms with E-state index in [4.69, 9.17) is 0 Å². The molecule has 17 heavy (non-hydrogen) atoms. The van der Waals surface area contributed by atoms with E-state index in [-0.39, 0.29) is 0 Å². The lowest BCUT2D eigenvalue weighted by atomic mass is 10.1. The summed E-state index contributed by atoms with van der Waals surface area (Å²) in [6.07, 6.45) is 0. The molecule has 0 saturated carbocycles. The molecule has 0 spiro atoms. The zero-order valence-corrected chi connectivity index (χ0v) is 11.4. The fraction of sp³-hybridized carbons (Fsp3) is 0.200. The van der Waals surface area contributed by atoms with E-state index in [9.17, 15) is 0 Å². The molecule has 0 aliphatic rings. The van der Waals surface area contributed by atoms with Crippen molar-refractivity contribution in [3.8, 4) is 0 Å². The van der Waals surface area contributed by atoms with E-state index in [1.54, 1.807) is 0 Å². The highest BCUT2D eigenvalue weighted by atomic mass is 79.9. The number of rotatable bonds is 4. The molecule has 0 radical (unpaired) electrons. The van der Waals surface area contributed by atoms with E-state index in [0.29, 0.717) is 6.04 Å². The molecule has 0 aliphatic carbocycles. The van der Waals surface area contributed by atoms with Crippen LogP contribution in [0.5, 0.6) is 0 Å². The van der Waals surface area contributed by atoms with Gasteiger partial charge in [-0.3, -0.25) is 0 Å². The van der Waals surface area contributed by atoms with Gasteiger partial charge in [-0.1, -0.05) is 64.5 Å². The molecule has 2 heteroatoms. The maximum absolute atomic E-state index is 3.58. The van der Waals surface area contributed by atoms with Crippen molar-refractivity contribution in [2.75, 3.05) is 0 Å². The average Bonchev–Trinajstić information content (AvgIpc) is 2.38. The minimum absolute atomic E-state index is 0.339. The largest absolute Gasteiger partial charge is 0.306 e. The number of nitrogens with one attached hydrogen (secondary N) is 1. The zero-order chi connectivity index (χ0) is 12.1. The Hall–Kier alpha value is -1.12. The monoisotopic (exact) mass is 289 g/mol. The van der Waals surface area contributed by atoms with Crippen LogP contribution >= 0.6 is 15.9 Å². The van der Waals surface area contributed by atoms with Crippen LogP contribution < -0.4 is 5.32 Å². The number of hydrogen-bond acceptors (Lipinski definition) is 1. The lowest BCUT2D eigenvalue weighted by Gasteiger charge is -2.15.